The number of rotatable bonds is 11. The summed E-state index contributed by atoms with van der Waals surface area (Å²) >= 11 is 0. The summed E-state index contributed by atoms with van der Waals surface area (Å²) in [6.45, 7) is 13.2. The third-order valence-electron chi connectivity index (χ3n) is 4.95. The predicted octanol–water partition coefficient (Wildman–Crippen LogP) is 4.01. The van der Waals surface area contributed by atoms with E-state index in [-0.39, 0.29) is 11.6 Å². The molecular formula is C25H39N5O2. The molecule has 0 radical (unpaired) electrons. The van der Waals surface area contributed by atoms with E-state index in [0.717, 1.165) is 24.0 Å². The molecule has 0 aliphatic carbocycles. The number of nitrogens with one attached hydrogen (secondary N) is 2. The molecule has 1 aromatic heterocycles. The lowest BCUT2D eigenvalue weighted by atomic mass is 10.0. The lowest BCUT2D eigenvalue weighted by Gasteiger charge is -2.34. The van der Waals surface area contributed by atoms with Gasteiger partial charge in [-0.2, -0.15) is 0 Å². The lowest BCUT2D eigenvalue weighted by molar-refractivity contribution is -0.115. The van der Waals surface area contributed by atoms with Crippen LogP contribution in [0.15, 0.2) is 30.5 Å². The first-order valence-electron chi connectivity index (χ1n) is 11.4. The Morgan fingerprint density at radius 1 is 1.19 bits per heavy atom. The highest BCUT2D eigenvalue weighted by molar-refractivity contribution is 5.94. The number of aldehydes is 1. The molecule has 176 valence electrons. The van der Waals surface area contributed by atoms with E-state index in [4.69, 9.17) is 0 Å². The quantitative estimate of drug-likeness (QED) is 0.512. The normalized spacial score (nSPS) is 10.7. The Kier molecular flexibility index (Phi) is 11.6. The Hall–Kier alpha value is -2.80. The molecule has 0 bridgehead atoms. The van der Waals surface area contributed by atoms with Gasteiger partial charge in [0.15, 0.2) is 0 Å². The second-order valence-electron chi connectivity index (χ2n) is 7.97. The van der Waals surface area contributed by atoms with Crippen LogP contribution >= 0.6 is 0 Å². The number of benzene rings is 1. The molecule has 0 saturated heterocycles. The highest BCUT2D eigenvalue weighted by atomic mass is 16.2. The molecule has 1 amide bonds. The van der Waals surface area contributed by atoms with Gasteiger partial charge >= 0.3 is 0 Å². The lowest BCUT2D eigenvalue weighted by Crippen LogP contribution is -2.51. The van der Waals surface area contributed by atoms with Crippen LogP contribution in [0.5, 0.6) is 0 Å². The minimum Gasteiger partial charge on any atom is -0.364 e. The standard InChI is InChI=1S/C23H33N5O2.C2H6/c1-6-7-19-21(25-14-18-10-8-17(2)9-11-18)26-15-20(27-19)22(30)28(13-12-24-5)23(3,4)16-29;1-2/h8-11,15-16,24H,6-7,12-14H2,1-5H3,(H,25,26);1-2H3. The molecule has 2 aromatic rings. The topological polar surface area (TPSA) is 87.2 Å². The van der Waals surface area contributed by atoms with Gasteiger partial charge in [0.05, 0.1) is 17.4 Å². The fourth-order valence-electron chi connectivity index (χ4n) is 3.06. The van der Waals surface area contributed by atoms with Gasteiger partial charge in [-0.1, -0.05) is 57.0 Å². The van der Waals surface area contributed by atoms with E-state index in [1.54, 1.807) is 13.8 Å². The molecule has 0 atom stereocenters. The van der Waals surface area contributed by atoms with Crippen molar-refractivity contribution in [3.05, 3.63) is 53.0 Å². The number of amides is 1. The molecule has 0 fully saturated rings. The number of likely N-dealkylation sites (N-methyl/N-ethyl adjacent to an activating group) is 1. The first-order chi connectivity index (χ1) is 15.3. The maximum atomic E-state index is 13.2. The van der Waals surface area contributed by atoms with E-state index in [1.165, 1.54) is 16.7 Å². The predicted molar refractivity (Wildman–Crippen MR) is 131 cm³/mol. The monoisotopic (exact) mass is 441 g/mol. The fraction of sp³-hybridized carbons (Fsp3) is 0.520. The summed E-state index contributed by atoms with van der Waals surface area (Å²) in [4.78, 5) is 35.4. The van der Waals surface area contributed by atoms with E-state index in [0.29, 0.717) is 31.9 Å². The smallest absolute Gasteiger partial charge is 0.274 e. The average molecular weight is 442 g/mol. The molecule has 7 nitrogen and oxygen atoms in total. The van der Waals surface area contributed by atoms with Gasteiger partial charge in [-0.3, -0.25) is 4.79 Å². The second-order valence-corrected chi connectivity index (χ2v) is 7.97. The van der Waals surface area contributed by atoms with Gasteiger partial charge in [0, 0.05) is 19.6 Å². The van der Waals surface area contributed by atoms with E-state index >= 15 is 0 Å². The van der Waals surface area contributed by atoms with E-state index in [9.17, 15) is 9.59 Å². The number of aromatic nitrogens is 2. The number of carbonyl (C=O) groups excluding carboxylic acids is 2. The number of hydrogen-bond donors (Lipinski definition) is 2. The average Bonchev–Trinajstić information content (AvgIpc) is 2.80. The van der Waals surface area contributed by atoms with E-state index < -0.39 is 5.54 Å². The van der Waals surface area contributed by atoms with Gasteiger partial charge in [-0.05, 0) is 39.8 Å². The van der Waals surface area contributed by atoms with Crippen molar-refractivity contribution >= 4 is 18.0 Å². The molecule has 0 saturated carbocycles. The van der Waals surface area contributed by atoms with Crippen molar-refractivity contribution in [3.63, 3.8) is 0 Å². The number of aryl methyl sites for hydroxylation is 2. The van der Waals surface area contributed by atoms with E-state index in [1.807, 2.05) is 20.9 Å². The van der Waals surface area contributed by atoms with Gasteiger partial charge in [-0.25, -0.2) is 9.97 Å². The maximum absolute atomic E-state index is 13.2. The van der Waals surface area contributed by atoms with Crippen molar-refractivity contribution in [2.45, 2.75) is 66.5 Å². The van der Waals surface area contributed by atoms with Gasteiger partial charge in [0.2, 0.25) is 0 Å². The second kappa shape index (κ2) is 13.6. The molecule has 0 unspecified atom stereocenters. The van der Waals surface area contributed by atoms with Crippen LogP contribution in [-0.2, 0) is 17.8 Å². The van der Waals surface area contributed by atoms with Crippen molar-refractivity contribution in [3.8, 4) is 0 Å². The molecule has 0 spiro atoms. The van der Waals surface area contributed by atoms with Crippen LogP contribution < -0.4 is 10.6 Å². The Balaban J connectivity index is 0.00000249. The van der Waals surface area contributed by atoms with E-state index in [2.05, 4.69) is 58.7 Å². The molecule has 0 aliphatic heterocycles. The first-order valence-corrected chi connectivity index (χ1v) is 11.4. The third kappa shape index (κ3) is 7.71. The molecule has 0 aliphatic rings. The third-order valence-corrected chi connectivity index (χ3v) is 4.95. The fourth-order valence-corrected chi connectivity index (χ4v) is 3.06. The summed E-state index contributed by atoms with van der Waals surface area (Å²) in [5.41, 5.74) is 2.45. The number of anilines is 1. The van der Waals surface area contributed by atoms with Crippen LogP contribution in [0.4, 0.5) is 5.82 Å². The number of carbonyl (C=O) groups is 2. The first kappa shape index (κ1) is 27.2. The van der Waals surface area contributed by atoms with Crippen LogP contribution in [0, 0.1) is 6.92 Å². The minimum absolute atomic E-state index is 0.255. The van der Waals surface area contributed by atoms with Crippen molar-refractivity contribution in [1.82, 2.24) is 20.2 Å². The zero-order valence-electron chi connectivity index (χ0n) is 20.7. The Labute approximate surface area is 193 Å². The Bertz CT molecular complexity index is 850. The molecule has 2 N–H and O–H groups in total. The highest BCUT2D eigenvalue weighted by Gasteiger charge is 2.32. The summed E-state index contributed by atoms with van der Waals surface area (Å²) in [7, 11) is 1.81. The zero-order valence-corrected chi connectivity index (χ0v) is 20.7. The zero-order chi connectivity index (χ0) is 24.1. The molecule has 7 heteroatoms. The summed E-state index contributed by atoms with van der Waals surface area (Å²) in [5.74, 6) is 0.391. The SMILES string of the molecule is CC.CCCc1nc(C(=O)N(CCNC)C(C)(C)C=O)cnc1NCc1ccc(C)cc1. The van der Waals surface area contributed by atoms with Crippen LogP contribution in [0.1, 0.15) is 68.3 Å². The number of hydrogen-bond acceptors (Lipinski definition) is 6. The van der Waals surface area contributed by atoms with Gasteiger partial charge < -0.3 is 20.3 Å². The molecular weight excluding hydrogens is 402 g/mol. The minimum atomic E-state index is -0.928. The Morgan fingerprint density at radius 3 is 2.41 bits per heavy atom. The maximum Gasteiger partial charge on any atom is 0.274 e. The van der Waals surface area contributed by atoms with Crippen molar-refractivity contribution in [2.75, 3.05) is 25.5 Å². The highest BCUT2D eigenvalue weighted by Crippen LogP contribution is 2.18. The molecule has 2 rings (SSSR count). The molecule has 1 aromatic carbocycles. The Morgan fingerprint density at radius 2 is 1.84 bits per heavy atom. The van der Waals surface area contributed by atoms with Gasteiger partial charge in [0.25, 0.3) is 5.91 Å². The van der Waals surface area contributed by atoms with Crippen LogP contribution in [0.25, 0.3) is 0 Å². The van der Waals surface area contributed by atoms with Gasteiger partial charge in [-0.15, -0.1) is 0 Å². The largest absolute Gasteiger partial charge is 0.364 e. The van der Waals surface area contributed by atoms with Crippen molar-refractivity contribution in [2.24, 2.45) is 0 Å². The van der Waals surface area contributed by atoms with Crippen LogP contribution in [-0.4, -0.2) is 52.7 Å². The van der Waals surface area contributed by atoms with Crippen LogP contribution in [0.3, 0.4) is 0 Å². The van der Waals surface area contributed by atoms with Gasteiger partial charge in [0.1, 0.15) is 17.8 Å². The summed E-state index contributed by atoms with van der Waals surface area (Å²) in [5, 5.41) is 6.36. The summed E-state index contributed by atoms with van der Waals surface area (Å²) in [6.07, 6.45) is 3.87. The van der Waals surface area contributed by atoms with Crippen molar-refractivity contribution in [1.29, 1.82) is 0 Å². The number of nitrogens with zero attached hydrogens (tertiary/aromatic N) is 3. The molecule has 32 heavy (non-hydrogen) atoms. The summed E-state index contributed by atoms with van der Waals surface area (Å²) in [6, 6.07) is 8.31. The van der Waals surface area contributed by atoms with Crippen LogP contribution in [0.2, 0.25) is 0 Å². The molecule has 1 heterocycles. The summed E-state index contributed by atoms with van der Waals surface area (Å²) < 4.78 is 0. The van der Waals surface area contributed by atoms with Crippen molar-refractivity contribution < 1.29 is 9.59 Å².